The van der Waals surface area contributed by atoms with Gasteiger partial charge in [-0.2, -0.15) is 0 Å². The summed E-state index contributed by atoms with van der Waals surface area (Å²) in [6, 6.07) is 3.90. The molecule has 0 spiro atoms. The van der Waals surface area contributed by atoms with Crippen molar-refractivity contribution in [2.75, 3.05) is 20.2 Å². The Hall–Kier alpha value is -2.15. The second-order valence-corrected chi connectivity index (χ2v) is 5.07. The van der Waals surface area contributed by atoms with Crippen molar-refractivity contribution in [2.24, 2.45) is 5.73 Å². The standard InChI is InChI=1S/C14H17FN2O4/c1-21-9-3-4-10(11(15)7-9)12(18)17-6-2-5-14(20,8-17)13(16)19/h3-4,7,20H,2,5-6,8H2,1H3,(H2,16,19)/t14-/m1/s1. The molecule has 6 nitrogen and oxygen atoms in total. The van der Waals surface area contributed by atoms with Gasteiger partial charge in [-0.05, 0) is 25.0 Å². The lowest BCUT2D eigenvalue weighted by molar-refractivity contribution is -0.140. The first-order valence-corrected chi connectivity index (χ1v) is 6.52. The number of benzene rings is 1. The maximum absolute atomic E-state index is 13.9. The van der Waals surface area contributed by atoms with Gasteiger partial charge in [-0.25, -0.2) is 4.39 Å². The van der Waals surface area contributed by atoms with Gasteiger partial charge in [-0.1, -0.05) is 0 Å². The molecule has 0 unspecified atom stereocenters. The third-order valence-electron chi connectivity index (χ3n) is 3.62. The van der Waals surface area contributed by atoms with Crippen molar-refractivity contribution in [3.63, 3.8) is 0 Å². The summed E-state index contributed by atoms with van der Waals surface area (Å²) in [5.74, 6) is -1.88. The van der Waals surface area contributed by atoms with E-state index in [0.29, 0.717) is 18.7 Å². The minimum Gasteiger partial charge on any atom is -0.497 e. The maximum atomic E-state index is 13.9. The highest BCUT2D eigenvalue weighted by Crippen LogP contribution is 2.24. The van der Waals surface area contributed by atoms with Crippen LogP contribution in [0.1, 0.15) is 23.2 Å². The van der Waals surface area contributed by atoms with E-state index in [-0.39, 0.29) is 18.5 Å². The van der Waals surface area contributed by atoms with E-state index in [2.05, 4.69) is 0 Å². The van der Waals surface area contributed by atoms with Gasteiger partial charge in [0, 0.05) is 12.6 Å². The summed E-state index contributed by atoms with van der Waals surface area (Å²) in [5, 5.41) is 10.1. The topological polar surface area (TPSA) is 92.9 Å². The minimum absolute atomic E-state index is 0.135. The molecule has 2 amide bonds. The number of carbonyl (C=O) groups is 2. The van der Waals surface area contributed by atoms with Crippen LogP contribution in [0, 0.1) is 5.82 Å². The Kier molecular flexibility index (Phi) is 4.13. The molecule has 1 aromatic carbocycles. The highest BCUT2D eigenvalue weighted by atomic mass is 19.1. The second-order valence-electron chi connectivity index (χ2n) is 5.07. The van der Waals surface area contributed by atoms with Crippen LogP contribution in [0.3, 0.4) is 0 Å². The van der Waals surface area contributed by atoms with Crippen molar-refractivity contribution in [1.29, 1.82) is 0 Å². The van der Waals surface area contributed by atoms with E-state index >= 15 is 0 Å². The predicted molar refractivity (Wildman–Crippen MR) is 72.2 cm³/mol. The summed E-state index contributed by atoms with van der Waals surface area (Å²) >= 11 is 0. The van der Waals surface area contributed by atoms with Gasteiger partial charge in [-0.3, -0.25) is 9.59 Å². The first-order chi connectivity index (χ1) is 9.87. The summed E-state index contributed by atoms with van der Waals surface area (Å²) in [6.07, 6.45) is 0.611. The molecule has 1 atom stereocenters. The number of aliphatic hydroxyl groups is 1. The average Bonchev–Trinajstić information content (AvgIpc) is 2.46. The zero-order chi connectivity index (χ0) is 15.6. The van der Waals surface area contributed by atoms with Gasteiger partial charge in [0.25, 0.3) is 11.8 Å². The SMILES string of the molecule is COc1ccc(C(=O)N2CCC[C@](O)(C(N)=O)C2)c(F)c1. The van der Waals surface area contributed by atoms with E-state index in [9.17, 15) is 19.1 Å². The van der Waals surface area contributed by atoms with Crippen LogP contribution in [0.2, 0.25) is 0 Å². The first-order valence-electron chi connectivity index (χ1n) is 6.52. The van der Waals surface area contributed by atoms with E-state index in [1.54, 1.807) is 0 Å². The van der Waals surface area contributed by atoms with E-state index < -0.39 is 23.2 Å². The Morgan fingerprint density at radius 2 is 2.19 bits per heavy atom. The Morgan fingerprint density at radius 3 is 2.76 bits per heavy atom. The highest BCUT2D eigenvalue weighted by Gasteiger charge is 2.40. The number of β-amino-alcohol motifs (C(OH)–C–C–N with tert-alkyl or cyclic N) is 1. The molecule has 1 fully saturated rings. The number of methoxy groups -OCH3 is 1. The lowest BCUT2D eigenvalue weighted by atomic mass is 9.92. The molecule has 0 aromatic heterocycles. The monoisotopic (exact) mass is 296 g/mol. The molecule has 7 heteroatoms. The van der Waals surface area contributed by atoms with Crippen LogP contribution < -0.4 is 10.5 Å². The molecular weight excluding hydrogens is 279 g/mol. The average molecular weight is 296 g/mol. The number of nitrogens with two attached hydrogens (primary N) is 1. The van der Waals surface area contributed by atoms with Crippen molar-refractivity contribution in [3.05, 3.63) is 29.6 Å². The van der Waals surface area contributed by atoms with Crippen molar-refractivity contribution in [1.82, 2.24) is 4.90 Å². The van der Waals surface area contributed by atoms with Crippen molar-refractivity contribution in [2.45, 2.75) is 18.4 Å². The number of primary amides is 1. The number of nitrogens with zero attached hydrogens (tertiary/aromatic N) is 1. The van der Waals surface area contributed by atoms with Crippen LogP contribution in [0.15, 0.2) is 18.2 Å². The number of hydrogen-bond donors (Lipinski definition) is 2. The maximum Gasteiger partial charge on any atom is 0.256 e. The fraction of sp³-hybridized carbons (Fsp3) is 0.429. The molecule has 0 saturated carbocycles. The van der Waals surface area contributed by atoms with E-state index in [4.69, 9.17) is 10.5 Å². The molecule has 1 aliphatic heterocycles. The van der Waals surface area contributed by atoms with Gasteiger partial charge in [-0.15, -0.1) is 0 Å². The Balaban J connectivity index is 2.22. The van der Waals surface area contributed by atoms with E-state index in [0.717, 1.165) is 6.07 Å². The normalized spacial score (nSPS) is 22.0. The summed E-state index contributed by atoms with van der Waals surface area (Å²) in [5.41, 5.74) is 3.26. The summed E-state index contributed by atoms with van der Waals surface area (Å²) in [4.78, 5) is 24.8. The fourth-order valence-electron chi connectivity index (χ4n) is 2.38. The first kappa shape index (κ1) is 15.2. The number of carbonyl (C=O) groups excluding carboxylic acids is 2. The summed E-state index contributed by atoms with van der Waals surface area (Å²) in [7, 11) is 1.40. The lowest BCUT2D eigenvalue weighted by Gasteiger charge is -2.37. The molecule has 114 valence electrons. The van der Waals surface area contributed by atoms with Crippen LogP contribution in [0.25, 0.3) is 0 Å². The van der Waals surface area contributed by atoms with E-state index in [1.807, 2.05) is 0 Å². The van der Waals surface area contributed by atoms with E-state index in [1.165, 1.54) is 24.1 Å². The number of hydrogen-bond acceptors (Lipinski definition) is 4. The zero-order valence-electron chi connectivity index (χ0n) is 11.6. The zero-order valence-corrected chi connectivity index (χ0v) is 11.6. The van der Waals surface area contributed by atoms with Crippen molar-refractivity contribution >= 4 is 11.8 Å². The van der Waals surface area contributed by atoms with Gasteiger partial charge in [0.05, 0.1) is 19.2 Å². The third kappa shape index (κ3) is 2.97. The molecule has 2 rings (SSSR count). The number of rotatable bonds is 3. The van der Waals surface area contributed by atoms with Crippen molar-refractivity contribution < 1.29 is 23.8 Å². The molecule has 1 saturated heterocycles. The second kappa shape index (κ2) is 5.69. The Morgan fingerprint density at radius 1 is 1.48 bits per heavy atom. The van der Waals surface area contributed by atoms with Gasteiger partial charge in [0.2, 0.25) is 0 Å². The van der Waals surface area contributed by atoms with Crippen LogP contribution in [-0.4, -0.2) is 47.6 Å². The lowest BCUT2D eigenvalue weighted by Crippen LogP contribution is -2.57. The number of likely N-dealkylation sites (tertiary alicyclic amines) is 1. The number of piperidine rings is 1. The summed E-state index contributed by atoms with van der Waals surface area (Å²) in [6.45, 7) is 0.104. The molecule has 1 heterocycles. The van der Waals surface area contributed by atoms with Crippen LogP contribution in [0.5, 0.6) is 5.75 Å². The number of ether oxygens (including phenoxy) is 1. The minimum atomic E-state index is -1.75. The largest absolute Gasteiger partial charge is 0.497 e. The molecule has 21 heavy (non-hydrogen) atoms. The molecule has 3 N–H and O–H groups in total. The number of halogens is 1. The van der Waals surface area contributed by atoms with Gasteiger partial charge >= 0.3 is 0 Å². The molecule has 0 radical (unpaired) electrons. The van der Waals surface area contributed by atoms with Gasteiger partial charge in [0.15, 0.2) is 5.60 Å². The molecule has 1 aromatic rings. The third-order valence-corrected chi connectivity index (χ3v) is 3.62. The van der Waals surface area contributed by atoms with Crippen LogP contribution >= 0.6 is 0 Å². The molecule has 1 aliphatic rings. The fourth-order valence-corrected chi connectivity index (χ4v) is 2.38. The quantitative estimate of drug-likeness (QED) is 0.838. The molecule has 0 aliphatic carbocycles. The smallest absolute Gasteiger partial charge is 0.256 e. The Bertz CT molecular complexity index is 578. The number of amides is 2. The summed E-state index contributed by atoms with van der Waals surface area (Å²) < 4.78 is 18.8. The van der Waals surface area contributed by atoms with Gasteiger partial charge < -0.3 is 20.5 Å². The van der Waals surface area contributed by atoms with Gasteiger partial charge in [0.1, 0.15) is 11.6 Å². The molecule has 0 bridgehead atoms. The highest BCUT2D eigenvalue weighted by molar-refractivity contribution is 5.95. The Labute approximate surface area is 121 Å². The molecular formula is C14H17FN2O4. The van der Waals surface area contributed by atoms with Crippen molar-refractivity contribution in [3.8, 4) is 5.75 Å². The van der Waals surface area contributed by atoms with Crippen LogP contribution in [-0.2, 0) is 4.79 Å². The van der Waals surface area contributed by atoms with Crippen LogP contribution in [0.4, 0.5) is 4.39 Å². The predicted octanol–water partition coefficient (Wildman–Crippen LogP) is 0.287.